The zero-order valence-electron chi connectivity index (χ0n) is 10.6. The lowest BCUT2D eigenvalue weighted by Crippen LogP contribution is -2.16. The second kappa shape index (κ2) is 4.28. The van der Waals surface area contributed by atoms with Crippen LogP contribution in [0, 0.1) is 6.92 Å². The summed E-state index contributed by atoms with van der Waals surface area (Å²) in [4.78, 5) is 15.3. The van der Waals surface area contributed by atoms with E-state index in [0.717, 1.165) is 16.5 Å². The fourth-order valence-corrected chi connectivity index (χ4v) is 2.14. The number of fused-ring (bicyclic) bond motifs is 1. The number of nitrogen functional groups attached to an aromatic ring is 1. The van der Waals surface area contributed by atoms with Crippen molar-refractivity contribution in [3.05, 3.63) is 47.9 Å². The molecule has 0 atom stereocenters. The molecule has 0 amide bonds. The van der Waals surface area contributed by atoms with Gasteiger partial charge in [-0.2, -0.15) is 5.10 Å². The van der Waals surface area contributed by atoms with E-state index in [9.17, 15) is 4.79 Å². The Hall–Kier alpha value is -2.56. The normalized spacial score (nSPS) is 11.0. The molecule has 0 bridgehead atoms. The lowest BCUT2D eigenvalue weighted by Gasteiger charge is -2.04. The van der Waals surface area contributed by atoms with Gasteiger partial charge in [0.1, 0.15) is 0 Å². The van der Waals surface area contributed by atoms with Crippen molar-refractivity contribution < 1.29 is 4.79 Å². The maximum absolute atomic E-state index is 12.2. The highest BCUT2D eigenvalue weighted by molar-refractivity contribution is 5.85. The Kier molecular flexibility index (Phi) is 2.59. The van der Waals surface area contributed by atoms with Crippen molar-refractivity contribution in [1.82, 2.24) is 14.8 Å². The summed E-state index contributed by atoms with van der Waals surface area (Å²) in [6.45, 7) is 1.79. The Morgan fingerprint density at radius 3 is 3.00 bits per heavy atom. The molecule has 0 aliphatic heterocycles. The van der Waals surface area contributed by atoms with Crippen LogP contribution in [0.2, 0.25) is 0 Å². The van der Waals surface area contributed by atoms with Crippen molar-refractivity contribution >= 4 is 22.5 Å². The number of nitrogens with one attached hydrogen (secondary N) is 1. The third-order valence-electron chi connectivity index (χ3n) is 3.26. The van der Waals surface area contributed by atoms with Gasteiger partial charge in [-0.15, -0.1) is 0 Å². The van der Waals surface area contributed by atoms with Crippen LogP contribution in [0.25, 0.3) is 10.9 Å². The molecule has 2 heterocycles. The van der Waals surface area contributed by atoms with Gasteiger partial charge in [-0.1, -0.05) is 6.07 Å². The molecule has 3 N–H and O–H groups in total. The van der Waals surface area contributed by atoms with Crippen LogP contribution >= 0.6 is 0 Å². The van der Waals surface area contributed by atoms with Crippen LogP contribution in [0.15, 0.2) is 36.7 Å². The molecule has 3 aromatic rings. The number of aromatic amines is 1. The van der Waals surface area contributed by atoms with E-state index in [2.05, 4.69) is 10.1 Å². The Bertz CT molecular complexity index is 754. The molecule has 0 spiro atoms. The van der Waals surface area contributed by atoms with Crippen molar-refractivity contribution in [2.45, 2.75) is 13.3 Å². The van der Waals surface area contributed by atoms with Gasteiger partial charge in [-0.25, -0.2) is 4.68 Å². The molecule has 0 aliphatic rings. The fourth-order valence-electron chi connectivity index (χ4n) is 2.14. The Morgan fingerprint density at radius 2 is 2.26 bits per heavy atom. The minimum absolute atomic E-state index is 0.0796. The second-order valence-corrected chi connectivity index (χ2v) is 4.57. The highest BCUT2D eigenvalue weighted by Gasteiger charge is 2.12. The first-order valence-electron chi connectivity index (χ1n) is 6.04. The SMILES string of the molecule is Cc1c(N)cnn1C(=O)Cc1ccc2[nH]ccc2c1. The van der Waals surface area contributed by atoms with Crippen LogP contribution in [-0.2, 0) is 6.42 Å². The number of carbonyl (C=O) groups is 1. The fraction of sp³-hybridized carbons (Fsp3) is 0.143. The van der Waals surface area contributed by atoms with Gasteiger partial charge >= 0.3 is 0 Å². The van der Waals surface area contributed by atoms with Gasteiger partial charge in [0, 0.05) is 11.7 Å². The summed E-state index contributed by atoms with van der Waals surface area (Å²) in [6.07, 6.45) is 3.69. The first-order valence-corrected chi connectivity index (χ1v) is 6.04. The highest BCUT2D eigenvalue weighted by Crippen LogP contribution is 2.16. The van der Waals surface area contributed by atoms with E-state index in [1.54, 1.807) is 6.92 Å². The Labute approximate surface area is 110 Å². The molecule has 0 aliphatic carbocycles. The zero-order valence-corrected chi connectivity index (χ0v) is 10.6. The highest BCUT2D eigenvalue weighted by atomic mass is 16.2. The second-order valence-electron chi connectivity index (χ2n) is 4.57. The summed E-state index contributed by atoms with van der Waals surface area (Å²) in [6, 6.07) is 7.91. The molecule has 96 valence electrons. The van der Waals surface area contributed by atoms with Crippen molar-refractivity contribution in [1.29, 1.82) is 0 Å². The summed E-state index contributed by atoms with van der Waals surface area (Å²) >= 11 is 0. The van der Waals surface area contributed by atoms with Gasteiger partial charge in [0.05, 0.1) is 24.0 Å². The molecular formula is C14H14N4O. The lowest BCUT2D eigenvalue weighted by molar-refractivity contribution is 0.0896. The number of aromatic nitrogens is 3. The molecule has 0 unspecified atom stereocenters. The molecule has 0 fully saturated rings. The quantitative estimate of drug-likeness (QED) is 0.735. The van der Waals surface area contributed by atoms with Crippen LogP contribution in [0.4, 0.5) is 5.69 Å². The van der Waals surface area contributed by atoms with Crippen molar-refractivity contribution in [3.63, 3.8) is 0 Å². The number of H-pyrrole nitrogens is 1. The van der Waals surface area contributed by atoms with Gasteiger partial charge in [0.15, 0.2) is 0 Å². The average molecular weight is 254 g/mol. The minimum Gasteiger partial charge on any atom is -0.396 e. The summed E-state index contributed by atoms with van der Waals surface area (Å²) in [5, 5.41) is 5.10. The van der Waals surface area contributed by atoms with Crippen molar-refractivity contribution in [2.75, 3.05) is 5.73 Å². The molecular weight excluding hydrogens is 240 g/mol. The van der Waals surface area contributed by atoms with Crippen LogP contribution in [0.3, 0.4) is 0 Å². The molecule has 1 aromatic carbocycles. The minimum atomic E-state index is -0.0796. The van der Waals surface area contributed by atoms with E-state index in [4.69, 9.17) is 5.73 Å². The van der Waals surface area contributed by atoms with E-state index in [1.807, 2.05) is 30.5 Å². The summed E-state index contributed by atoms with van der Waals surface area (Å²) < 4.78 is 1.36. The largest absolute Gasteiger partial charge is 0.396 e. The van der Waals surface area contributed by atoms with E-state index >= 15 is 0 Å². The number of rotatable bonds is 2. The lowest BCUT2D eigenvalue weighted by atomic mass is 10.1. The summed E-state index contributed by atoms with van der Waals surface area (Å²) in [7, 11) is 0. The predicted molar refractivity (Wildman–Crippen MR) is 74.0 cm³/mol. The molecule has 0 radical (unpaired) electrons. The monoisotopic (exact) mass is 254 g/mol. The number of carbonyl (C=O) groups excluding carboxylic acids is 1. The standard InChI is InChI=1S/C14H14N4O/c1-9-12(15)8-17-18(9)14(19)7-10-2-3-13-11(6-10)4-5-16-13/h2-6,8,16H,7,15H2,1H3. The predicted octanol–water partition coefficient (Wildman–Crippen LogP) is 2.14. The van der Waals surface area contributed by atoms with Crippen molar-refractivity contribution in [2.24, 2.45) is 0 Å². The van der Waals surface area contributed by atoms with Crippen molar-refractivity contribution in [3.8, 4) is 0 Å². The van der Waals surface area contributed by atoms with E-state index in [0.29, 0.717) is 17.8 Å². The smallest absolute Gasteiger partial charge is 0.251 e. The molecule has 19 heavy (non-hydrogen) atoms. The van der Waals surface area contributed by atoms with Crippen LogP contribution in [-0.4, -0.2) is 20.7 Å². The number of nitrogens with zero attached hydrogens (tertiary/aromatic N) is 2. The summed E-state index contributed by atoms with van der Waals surface area (Å²) in [5.74, 6) is -0.0796. The van der Waals surface area contributed by atoms with E-state index in [1.165, 1.54) is 10.9 Å². The number of anilines is 1. The topological polar surface area (TPSA) is 76.7 Å². The average Bonchev–Trinajstić information content (AvgIpc) is 2.97. The molecule has 0 saturated heterocycles. The van der Waals surface area contributed by atoms with E-state index < -0.39 is 0 Å². The Morgan fingerprint density at radius 1 is 1.42 bits per heavy atom. The molecule has 0 saturated carbocycles. The maximum Gasteiger partial charge on any atom is 0.251 e. The van der Waals surface area contributed by atoms with Gasteiger partial charge in [0.25, 0.3) is 5.91 Å². The zero-order chi connectivity index (χ0) is 13.4. The molecule has 5 heteroatoms. The maximum atomic E-state index is 12.2. The third-order valence-corrected chi connectivity index (χ3v) is 3.26. The third kappa shape index (κ3) is 1.99. The summed E-state index contributed by atoms with van der Waals surface area (Å²) in [5.41, 5.74) is 8.95. The molecule has 5 nitrogen and oxygen atoms in total. The number of hydrogen-bond donors (Lipinski definition) is 2. The first kappa shape index (κ1) is 11.5. The number of benzene rings is 1. The van der Waals surface area contributed by atoms with Gasteiger partial charge in [0.2, 0.25) is 0 Å². The number of hydrogen-bond acceptors (Lipinski definition) is 3. The van der Waals surface area contributed by atoms with Gasteiger partial charge < -0.3 is 10.7 Å². The van der Waals surface area contributed by atoms with Gasteiger partial charge in [-0.05, 0) is 36.1 Å². The van der Waals surface area contributed by atoms with Crippen LogP contribution in [0.5, 0.6) is 0 Å². The van der Waals surface area contributed by atoms with Crippen LogP contribution in [0.1, 0.15) is 16.1 Å². The molecule has 3 rings (SSSR count). The Balaban J connectivity index is 1.88. The van der Waals surface area contributed by atoms with E-state index in [-0.39, 0.29) is 5.91 Å². The molecule has 2 aromatic heterocycles. The number of nitrogens with two attached hydrogens (primary N) is 1. The van der Waals surface area contributed by atoms with Crippen LogP contribution < -0.4 is 5.73 Å². The first-order chi connectivity index (χ1) is 9.15. The van der Waals surface area contributed by atoms with Gasteiger partial charge in [-0.3, -0.25) is 4.79 Å².